The second kappa shape index (κ2) is 11.9. The maximum atomic E-state index is 14.5. The van der Waals surface area contributed by atoms with Gasteiger partial charge in [-0.1, -0.05) is 23.7 Å². The molecule has 1 aromatic carbocycles. The van der Waals surface area contributed by atoms with E-state index in [1.54, 1.807) is 24.2 Å². The van der Waals surface area contributed by atoms with Crippen LogP contribution in [-0.4, -0.2) is 79.8 Å². The Hall–Kier alpha value is -3.19. The van der Waals surface area contributed by atoms with Crippen LogP contribution in [0.15, 0.2) is 42.6 Å². The molecule has 9 nitrogen and oxygen atoms in total. The Labute approximate surface area is 234 Å². The number of ether oxygens (including phenoxy) is 2. The summed E-state index contributed by atoms with van der Waals surface area (Å²) in [7, 11) is 1.70. The van der Waals surface area contributed by atoms with Gasteiger partial charge in [0.05, 0.1) is 18.8 Å². The molecular weight excluding hydrogens is 518 g/mol. The molecule has 39 heavy (non-hydrogen) atoms. The average molecular weight is 552 g/mol. The zero-order chi connectivity index (χ0) is 27.4. The normalized spacial score (nSPS) is 24.2. The number of carbonyl (C=O) groups is 2. The molecule has 1 N–H and O–H groups in total. The SMILES string of the molecule is CN(C(=O)OC1CCOCC1)[C@]1(C(=O)C2CCN(c3ccc(C#N)cn3)CC2)CNC[C@H]1c1ccc(Cl)cc1. The highest BCUT2D eigenvalue weighted by Gasteiger charge is 2.56. The van der Waals surface area contributed by atoms with E-state index >= 15 is 0 Å². The van der Waals surface area contributed by atoms with Crippen molar-refractivity contribution in [1.29, 1.82) is 5.26 Å². The van der Waals surface area contributed by atoms with Gasteiger partial charge in [0.25, 0.3) is 0 Å². The summed E-state index contributed by atoms with van der Waals surface area (Å²) < 4.78 is 11.3. The van der Waals surface area contributed by atoms with Crippen molar-refractivity contribution in [2.75, 3.05) is 51.3 Å². The second-order valence-electron chi connectivity index (χ2n) is 10.6. The van der Waals surface area contributed by atoms with Crippen LogP contribution < -0.4 is 10.2 Å². The molecule has 1 aromatic heterocycles. The number of hydrogen-bond acceptors (Lipinski definition) is 8. The van der Waals surface area contributed by atoms with Crippen LogP contribution in [-0.2, 0) is 14.3 Å². The number of carbonyl (C=O) groups excluding carboxylic acids is 2. The monoisotopic (exact) mass is 551 g/mol. The fourth-order valence-corrected chi connectivity index (χ4v) is 6.23. The molecule has 0 aliphatic carbocycles. The lowest BCUT2D eigenvalue weighted by Gasteiger charge is -2.44. The van der Waals surface area contributed by atoms with Crippen LogP contribution in [0.5, 0.6) is 0 Å². The fraction of sp³-hybridized carbons (Fsp3) is 0.517. The van der Waals surface area contributed by atoms with E-state index in [9.17, 15) is 9.59 Å². The molecule has 3 fully saturated rings. The molecule has 0 saturated carbocycles. The number of amides is 1. The number of benzene rings is 1. The van der Waals surface area contributed by atoms with Crippen molar-refractivity contribution in [3.63, 3.8) is 0 Å². The predicted molar refractivity (Wildman–Crippen MR) is 147 cm³/mol. The summed E-state index contributed by atoms with van der Waals surface area (Å²) in [6.07, 6.45) is 3.49. The number of likely N-dealkylation sites (N-methyl/N-ethyl adjacent to an activating group) is 1. The van der Waals surface area contributed by atoms with Gasteiger partial charge in [-0.25, -0.2) is 9.78 Å². The van der Waals surface area contributed by atoms with Crippen molar-refractivity contribution < 1.29 is 19.1 Å². The molecule has 3 saturated heterocycles. The highest BCUT2D eigenvalue weighted by molar-refractivity contribution is 6.30. The molecule has 1 amide bonds. The van der Waals surface area contributed by atoms with E-state index in [-0.39, 0.29) is 23.7 Å². The quantitative estimate of drug-likeness (QED) is 0.578. The number of rotatable bonds is 6. The van der Waals surface area contributed by atoms with Crippen LogP contribution in [0.25, 0.3) is 0 Å². The molecule has 3 aliphatic heterocycles. The first-order valence-corrected chi connectivity index (χ1v) is 13.9. The van der Waals surface area contributed by atoms with Gasteiger partial charge in [0.1, 0.15) is 23.5 Å². The number of ketones is 1. The van der Waals surface area contributed by atoms with Gasteiger partial charge in [0, 0.05) is 69.1 Å². The molecule has 10 heteroatoms. The second-order valence-corrected chi connectivity index (χ2v) is 11.0. The summed E-state index contributed by atoms with van der Waals surface area (Å²) in [5, 5.41) is 13.1. The maximum Gasteiger partial charge on any atom is 0.410 e. The van der Waals surface area contributed by atoms with E-state index < -0.39 is 11.6 Å². The Balaban J connectivity index is 1.38. The highest BCUT2D eigenvalue weighted by atomic mass is 35.5. The zero-order valence-corrected chi connectivity index (χ0v) is 22.9. The molecule has 0 unspecified atom stereocenters. The van der Waals surface area contributed by atoms with E-state index in [0.717, 1.165) is 11.4 Å². The van der Waals surface area contributed by atoms with E-state index in [1.165, 1.54) is 0 Å². The van der Waals surface area contributed by atoms with Crippen LogP contribution in [0.2, 0.25) is 5.02 Å². The van der Waals surface area contributed by atoms with Crippen LogP contribution in [0.3, 0.4) is 0 Å². The maximum absolute atomic E-state index is 14.5. The van der Waals surface area contributed by atoms with Crippen LogP contribution >= 0.6 is 11.6 Å². The summed E-state index contributed by atoms with van der Waals surface area (Å²) in [5.74, 6) is 0.403. The number of anilines is 1. The van der Waals surface area contributed by atoms with Gasteiger partial charge in [-0.3, -0.25) is 9.69 Å². The number of Topliss-reactive ketones (excluding diaryl/α,β-unsaturated/α-hetero) is 1. The van der Waals surface area contributed by atoms with Crippen molar-refractivity contribution in [3.05, 3.63) is 58.7 Å². The fourth-order valence-electron chi connectivity index (χ4n) is 6.11. The average Bonchev–Trinajstić information content (AvgIpc) is 3.43. The van der Waals surface area contributed by atoms with Crippen molar-refractivity contribution in [1.82, 2.24) is 15.2 Å². The summed E-state index contributed by atoms with van der Waals surface area (Å²) in [4.78, 5) is 36.2. The number of nitrogens with zero attached hydrogens (tertiary/aromatic N) is 4. The van der Waals surface area contributed by atoms with Gasteiger partial charge in [-0.2, -0.15) is 5.26 Å². The minimum atomic E-state index is -1.09. The minimum absolute atomic E-state index is 0.0614. The molecule has 4 heterocycles. The Morgan fingerprint density at radius 1 is 1.15 bits per heavy atom. The van der Waals surface area contributed by atoms with Gasteiger partial charge in [0.15, 0.2) is 5.78 Å². The molecular formula is C29H34ClN5O4. The van der Waals surface area contributed by atoms with Crippen molar-refractivity contribution in [3.8, 4) is 6.07 Å². The Kier molecular flexibility index (Phi) is 8.36. The number of halogens is 1. The van der Waals surface area contributed by atoms with Crippen molar-refractivity contribution in [2.45, 2.75) is 43.2 Å². The lowest BCUT2D eigenvalue weighted by molar-refractivity contribution is -0.135. The first-order chi connectivity index (χ1) is 18.9. The molecule has 206 valence electrons. The molecule has 2 aromatic rings. The standard InChI is InChI=1S/C29H34ClN5O4/c1-34(28(37)39-24-10-14-38-15-11-24)29(19-32-18-25(29)21-3-5-23(30)6-4-21)27(36)22-8-12-35(13-9-22)26-7-2-20(16-31)17-33-26/h2-7,17,22,24-25,32H,8-15,18-19H2,1H3/t25-,29+/m0/s1. The summed E-state index contributed by atoms with van der Waals surface area (Å²) in [6, 6.07) is 13.2. The van der Waals surface area contributed by atoms with Crippen LogP contribution in [0.4, 0.5) is 10.6 Å². The first kappa shape index (κ1) is 27.4. The smallest absolute Gasteiger partial charge is 0.410 e. The van der Waals surface area contributed by atoms with Gasteiger partial charge >= 0.3 is 6.09 Å². The number of nitrogens with one attached hydrogen (secondary N) is 1. The van der Waals surface area contributed by atoms with Crippen molar-refractivity contribution >= 4 is 29.3 Å². The zero-order valence-electron chi connectivity index (χ0n) is 22.1. The topological polar surface area (TPSA) is 108 Å². The molecule has 0 radical (unpaired) electrons. The number of piperidine rings is 1. The van der Waals surface area contributed by atoms with E-state index in [1.807, 2.05) is 30.3 Å². The first-order valence-electron chi connectivity index (χ1n) is 13.6. The van der Waals surface area contributed by atoms with Crippen LogP contribution in [0.1, 0.15) is 42.7 Å². The van der Waals surface area contributed by atoms with E-state index in [2.05, 4.69) is 21.3 Å². The van der Waals surface area contributed by atoms with Crippen molar-refractivity contribution in [2.24, 2.45) is 5.92 Å². The third kappa shape index (κ3) is 5.60. The summed E-state index contributed by atoms with van der Waals surface area (Å²) in [5.41, 5.74) is 0.390. The van der Waals surface area contributed by atoms with Gasteiger partial charge in [-0.15, -0.1) is 0 Å². The minimum Gasteiger partial charge on any atom is -0.446 e. The van der Waals surface area contributed by atoms with Crippen LogP contribution in [0, 0.1) is 17.2 Å². The Morgan fingerprint density at radius 3 is 2.51 bits per heavy atom. The highest BCUT2D eigenvalue weighted by Crippen LogP contribution is 2.41. The number of hydrogen-bond donors (Lipinski definition) is 1. The largest absolute Gasteiger partial charge is 0.446 e. The van der Waals surface area contributed by atoms with E-state index in [0.29, 0.717) is 75.7 Å². The lowest BCUT2D eigenvalue weighted by atomic mass is 9.72. The summed E-state index contributed by atoms with van der Waals surface area (Å²) in [6.45, 7) is 3.38. The number of aromatic nitrogens is 1. The third-order valence-corrected chi connectivity index (χ3v) is 8.65. The molecule has 5 rings (SSSR count). The molecule has 0 spiro atoms. The third-order valence-electron chi connectivity index (χ3n) is 8.39. The Bertz CT molecular complexity index is 1200. The molecule has 0 bridgehead atoms. The number of pyridine rings is 1. The van der Waals surface area contributed by atoms with Gasteiger partial charge in [-0.05, 0) is 42.7 Å². The van der Waals surface area contributed by atoms with Gasteiger partial charge < -0.3 is 19.7 Å². The molecule has 2 atom stereocenters. The van der Waals surface area contributed by atoms with E-state index in [4.69, 9.17) is 26.3 Å². The number of nitriles is 1. The predicted octanol–water partition coefficient (Wildman–Crippen LogP) is 3.77. The lowest BCUT2D eigenvalue weighted by Crippen LogP contribution is -2.62. The van der Waals surface area contributed by atoms with Gasteiger partial charge in [0.2, 0.25) is 0 Å². The Morgan fingerprint density at radius 2 is 1.87 bits per heavy atom. The summed E-state index contributed by atoms with van der Waals surface area (Å²) >= 11 is 6.17. The molecule has 3 aliphatic rings.